The maximum atomic E-state index is 12.1. The molecule has 0 fully saturated rings. The van der Waals surface area contributed by atoms with Crippen molar-refractivity contribution >= 4 is 10.3 Å². The molecule has 7 heteroatoms. The third kappa shape index (κ3) is 5.45. The summed E-state index contributed by atoms with van der Waals surface area (Å²) in [6.45, 7) is 3.80. The molecule has 0 bridgehead atoms. The first-order chi connectivity index (χ1) is 5.73. The van der Waals surface area contributed by atoms with Gasteiger partial charge in [-0.15, -0.1) is 0 Å². The van der Waals surface area contributed by atoms with Gasteiger partial charge in [0.05, 0.1) is 13.1 Å². The Morgan fingerprint density at radius 3 is 1.69 bits per heavy atom. The van der Waals surface area contributed by atoms with E-state index >= 15 is 0 Å². The van der Waals surface area contributed by atoms with E-state index in [1.807, 2.05) is 0 Å². The van der Waals surface area contributed by atoms with Crippen LogP contribution in [-0.4, -0.2) is 30.4 Å². The summed E-state index contributed by atoms with van der Waals surface area (Å²) < 4.78 is 55.4. The number of hydrogen-bond donors (Lipinski definition) is 0. The Bertz CT molecular complexity index is 296. The van der Waals surface area contributed by atoms with Crippen LogP contribution in [0, 0.1) is 0 Å². The molecule has 0 aromatic carbocycles. The minimum Gasteiger partial charge on any atom is -0.735 e. The van der Waals surface area contributed by atoms with E-state index < -0.39 is 35.0 Å². The van der Waals surface area contributed by atoms with E-state index in [0.29, 0.717) is 0 Å². The summed E-state index contributed by atoms with van der Waals surface area (Å²) in [5.74, 6) is -2.08. The molecule has 0 N–H and O–H groups in total. The van der Waals surface area contributed by atoms with Crippen molar-refractivity contribution in [2.75, 3.05) is 13.1 Å². The normalized spacial score (nSPS) is 11.7. The first kappa shape index (κ1) is 12.2. The van der Waals surface area contributed by atoms with E-state index in [0.717, 1.165) is 0 Å². The number of halogens is 2. The molecular weight excluding hydrogens is 204 g/mol. The van der Waals surface area contributed by atoms with Crippen molar-refractivity contribution < 1.29 is 21.8 Å². The van der Waals surface area contributed by atoms with E-state index in [1.165, 1.54) is 0 Å². The van der Waals surface area contributed by atoms with E-state index in [9.17, 15) is 21.8 Å². The molecule has 0 aliphatic carbocycles. The zero-order valence-electron chi connectivity index (χ0n) is 6.66. The number of hydrogen-bond acceptors (Lipinski definition) is 3. The molecule has 0 amide bonds. The second kappa shape index (κ2) is 4.45. The molecule has 0 atom stereocenters. The molecule has 76 valence electrons. The summed E-state index contributed by atoms with van der Waals surface area (Å²) in [6, 6.07) is 0. The fourth-order valence-electron chi connectivity index (χ4n) is 0.597. The minimum absolute atomic E-state index is 0.0532. The maximum absolute atomic E-state index is 12.1. The average Bonchev–Trinajstić information content (AvgIpc) is 1.81. The van der Waals surface area contributed by atoms with Crippen LogP contribution < -0.4 is 0 Å². The summed E-state index contributed by atoms with van der Waals surface area (Å²) in [7, 11) is -4.87. The van der Waals surface area contributed by atoms with Crippen LogP contribution in [0.15, 0.2) is 24.8 Å². The van der Waals surface area contributed by atoms with Crippen LogP contribution >= 0.6 is 0 Å². The Morgan fingerprint density at radius 1 is 1.23 bits per heavy atom. The number of rotatable bonds is 5. The van der Waals surface area contributed by atoms with Gasteiger partial charge in [0.2, 0.25) is 0 Å². The van der Waals surface area contributed by atoms with Crippen molar-refractivity contribution in [1.82, 2.24) is 4.31 Å². The third-order valence-electron chi connectivity index (χ3n) is 1.01. The Hall–Kier alpha value is -0.790. The molecule has 0 saturated carbocycles. The summed E-state index contributed by atoms with van der Waals surface area (Å²) >= 11 is 0. The SMILES string of the molecule is C=C(F)CN(CC(=C)F)S(=O)(=O)[O-]. The highest BCUT2D eigenvalue weighted by molar-refractivity contribution is 7.83. The van der Waals surface area contributed by atoms with Gasteiger partial charge < -0.3 is 4.55 Å². The molecule has 0 rings (SSSR count). The van der Waals surface area contributed by atoms with Crippen molar-refractivity contribution in [1.29, 1.82) is 0 Å². The Kier molecular flexibility index (Phi) is 4.18. The molecule has 0 radical (unpaired) electrons. The lowest BCUT2D eigenvalue weighted by atomic mass is 10.5. The molecule has 0 heterocycles. The Morgan fingerprint density at radius 2 is 1.54 bits per heavy atom. The van der Waals surface area contributed by atoms with E-state index in [1.54, 1.807) is 0 Å². The average molecular weight is 212 g/mol. The molecular formula is C6H8F2NO3S-. The van der Waals surface area contributed by atoms with Crippen LogP contribution in [0.3, 0.4) is 0 Å². The first-order valence-electron chi connectivity index (χ1n) is 3.11. The highest BCUT2D eigenvalue weighted by atomic mass is 32.2. The van der Waals surface area contributed by atoms with Crippen molar-refractivity contribution in [3.63, 3.8) is 0 Å². The van der Waals surface area contributed by atoms with Gasteiger partial charge in [-0.05, 0) is 0 Å². The molecule has 0 aliphatic rings. The lowest BCUT2D eigenvalue weighted by Gasteiger charge is -2.22. The molecule has 4 nitrogen and oxygen atoms in total. The fraction of sp³-hybridized carbons (Fsp3) is 0.333. The van der Waals surface area contributed by atoms with Gasteiger partial charge in [-0.3, -0.25) is 0 Å². The second-order valence-corrected chi connectivity index (χ2v) is 3.63. The van der Waals surface area contributed by atoms with Crippen LogP contribution in [0.25, 0.3) is 0 Å². The van der Waals surface area contributed by atoms with Gasteiger partial charge in [0.15, 0.2) is 10.3 Å². The van der Waals surface area contributed by atoms with Crippen molar-refractivity contribution in [2.45, 2.75) is 0 Å². The zero-order chi connectivity index (χ0) is 10.6. The van der Waals surface area contributed by atoms with Crippen LogP contribution in [0.1, 0.15) is 0 Å². The van der Waals surface area contributed by atoms with Crippen LogP contribution in [0.5, 0.6) is 0 Å². The molecule has 0 unspecified atom stereocenters. The van der Waals surface area contributed by atoms with Crippen LogP contribution in [0.4, 0.5) is 8.78 Å². The lowest BCUT2D eigenvalue weighted by Crippen LogP contribution is -2.32. The van der Waals surface area contributed by atoms with E-state index in [-0.39, 0.29) is 4.31 Å². The third-order valence-corrected chi connectivity index (χ3v) is 1.90. The first-order valence-corrected chi connectivity index (χ1v) is 4.47. The Balaban J connectivity index is 4.57. The molecule has 0 saturated heterocycles. The topological polar surface area (TPSA) is 60.4 Å². The lowest BCUT2D eigenvalue weighted by molar-refractivity contribution is 0.341. The molecule has 0 spiro atoms. The summed E-state index contributed by atoms with van der Waals surface area (Å²) in [6.07, 6.45) is 0. The largest absolute Gasteiger partial charge is 0.735 e. The molecule has 0 aliphatic heterocycles. The molecule has 0 aromatic rings. The summed E-state index contributed by atoms with van der Waals surface area (Å²) in [4.78, 5) is 0. The second-order valence-electron chi connectivity index (χ2n) is 2.26. The van der Waals surface area contributed by atoms with Crippen molar-refractivity contribution in [3.8, 4) is 0 Å². The highest BCUT2D eigenvalue weighted by Crippen LogP contribution is 2.06. The number of nitrogens with zero attached hydrogens (tertiary/aromatic N) is 1. The van der Waals surface area contributed by atoms with Gasteiger partial charge in [-0.1, -0.05) is 13.2 Å². The smallest absolute Gasteiger partial charge is 0.162 e. The van der Waals surface area contributed by atoms with Gasteiger partial charge >= 0.3 is 0 Å². The molecule has 0 aromatic heterocycles. The van der Waals surface area contributed by atoms with Gasteiger partial charge in [0, 0.05) is 0 Å². The summed E-state index contributed by atoms with van der Waals surface area (Å²) in [5.41, 5.74) is 0. The van der Waals surface area contributed by atoms with Crippen molar-refractivity contribution in [2.24, 2.45) is 0 Å². The van der Waals surface area contributed by atoms with Crippen LogP contribution in [-0.2, 0) is 10.3 Å². The van der Waals surface area contributed by atoms with Gasteiger partial charge in [-0.2, -0.15) is 4.31 Å². The fourth-order valence-corrected chi connectivity index (χ4v) is 1.19. The highest BCUT2D eigenvalue weighted by Gasteiger charge is 2.14. The van der Waals surface area contributed by atoms with Gasteiger partial charge in [0.25, 0.3) is 0 Å². The zero-order valence-corrected chi connectivity index (χ0v) is 7.48. The standard InChI is InChI=1S/C6H9F2NO3S/c1-5(7)3-9(4-6(2)8)13(10,11)12/h1-4H2,(H,10,11,12)/p-1. The van der Waals surface area contributed by atoms with Crippen LogP contribution in [0.2, 0.25) is 0 Å². The summed E-state index contributed by atoms with van der Waals surface area (Å²) in [5, 5.41) is 0. The quantitative estimate of drug-likeness (QED) is 0.631. The predicted molar refractivity (Wildman–Crippen MR) is 41.8 cm³/mol. The van der Waals surface area contributed by atoms with E-state index in [4.69, 9.17) is 0 Å². The molecule has 13 heavy (non-hydrogen) atoms. The van der Waals surface area contributed by atoms with E-state index in [2.05, 4.69) is 13.2 Å². The predicted octanol–water partition coefficient (Wildman–Crippen LogP) is 0.715. The Labute approximate surface area is 75.0 Å². The van der Waals surface area contributed by atoms with Crippen molar-refractivity contribution in [3.05, 3.63) is 24.8 Å². The van der Waals surface area contributed by atoms with Gasteiger partial charge in [-0.25, -0.2) is 17.2 Å². The monoisotopic (exact) mass is 212 g/mol. The van der Waals surface area contributed by atoms with Gasteiger partial charge in [0.1, 0.15) is 11.7 Å². The minimum atomic E-state index is -4.87. The maximum Gasteiger partial charge on any atom is 0.162 e.